The number of halogens is 3. The Morgan fingerprint density at radius 2 is 2.14 bits per heavy atom. The lowest BCUT2D eigenvalue weighted by Gasteiger charge is -2.06. The summed E-state index contributed by atoms with van der Waals surface area (Å²) in [6, 6.07) is 4.16. The molecule has 112 valence electrons. The van der Waals surface area contributed by atoms with Crippen LogP contribution in [-0.2, 0) is 19.4 Å². The minimum atomic E-state index is -0.346. The highest BCUT2D eigenvalue weighted by atomic mass is 127. The van der Waals surface area contributed by atoms with Gasteiger partial charge in [0.25, 0.3) is 0 Å². The Labute approximate surface area is 141 Å². The van der Waals surface area contributed by atoms with E-state index < -0.39 is 0 Å². The van der Waals surface area contributed by atoms with Gasteiger partial charge in [0.05, 0.1) is 22.8 Å². The van der Waals surface area contributed by atoms with E-state index >= 15 is 0 Å². The van der Waals surface area contributed by atoms with E-state index in [1.54, 1.807) is 4.68 Å². The van der Waals surface area contributed by atoms with E-state index in [-0.39, 0.29) is 18.0 Å². The maximum absolute atomic E-state index is 13.1. The zero-order chi connectivity index (χ0) is 15.6. The van der Waals surface area contributed by atoms with Crippen molar-refractivity contribution in [1.82, 2.24) is 9.78 Å². The maximum Gasteiger partial charge on any atom is 0.169 e. The van der Waals surface area contributed by atoms with Crippen molar-refractivity contribution in [3.8, 4) is 0 Å². The first-order valence-electron chi connectivity index (χ1n) is 6.70. The van der Waals surface area contributed by atoms with E-state index in [1.807, 2.05) is 36.4 Å². The van der Waals surface area contributed by atoms with Gasteiger partial charge in [0.1, 0.15) is 5.82 Å². The molecular weight excluding hydrogens is 406 g/mol. The second-order valence-electron chi connectivity index (χ2n) is 4.60. The molecule has 0 unspecified atom stereocenters. The number of nitrogens with zero attached hydrogens (tertiary/aromatic N) is 2. The average molecular weight is 421 g/mol. The predicted octanol–water partition coefficient (Wildman–Crippen LogP) is 4.29. The fraction of sp³-hybridized carbons (Fsp3) is 0.333. The minimum Gasteiger partial charge on any atom is -0.294 e. The lowest BCUT2D eigenvalue weighted by molar-refractivity contribution is 0.0989. The quantitative estimate of drug-likeness (QED) is 0.534. The number of hydrogen-bond acceptors (Lipinski definition) is 2. The summed E-state index contributed by atoms with van der Waals surface area (Å²) in [6.07, 6.45) is 0.891. The molecule has 0 aliphatic heterocycles. The number of aromatic nitrogens is 2. The van der Waals surface area contributed by atoms with Crippen LogP contribution in [0.5, 0.6) is 0 Å². The van der Waals surface area contributed by atoms with Crippen LogP contribution in [0.4, 0.5) is 4.39 Å². The fourth-order valence-electron chi connectivity index (χ4n) is 2.15. The van der Waals surface area contributed by atoms with Crippen molar-refractivity contribution >= 4 is 40.0 Å². The molecule has 0 saturated heterocycles. The van der Waals surface area contributed by atoms with Crippen LogP contribution < -0.4 is 0 Å². The van der Waals surface area contributed by atoms with Gasteiger partial charge >= 0.3 is 0 Å². The molecule has 21 heavy (non-hydrogen) atoms. The van der Waals surface area contributed by atoms with Crippen molar-refractivity contribution in [1.29, 1.82) is 0 Å². The first kappa shape index (κ1) is 16.4. The first-order valence-corrected chi connectivity index (χ1v) is 8.15. The number of aryl methyl sites for hydroxylation is 2. The lowest BCUT2D eigenvalue weighted by atomic mass is 10.1. The maximum atomic E-state index is 13.1. The molecule has 1 aromatic carbocycles. The Hall–Kier alpha value is -0.950. The Morgan fingerprint density at radius 3 is 2.71 bits per heavy atom. The van der Waals surface area contributed by atoms with Gasteiger partial charge in [0, 0.05) is 15.7 Å². The summed E-state index contributed by atoms with van der Waals surface area (Å²) in [5, 5.41) is 4.96. The number of carbonyl (C=O) groups excluding carboxylic acids is 1. The summed E-state index contributed by atoms with van der Waals surface area (Å²) in [7, 11) is 0. The summed E-state index contributed by atoms with van der Waals surface area (Å²) >= 11 is 8.27. The molecule has 0 bridgehead atoms. The minimum absolute atomic E-state index is 0.0847. The summed E-state index contributed by atoms with van der Waals surface area (Å²) in [6.45, 7) is 4.59. The summed E-state index contributed by atoms with van der Waals surface area (Å²) in [5.74, 6) is -0.431. The highest BCUT2D eigenvalue weighted by molar-refractivity contribution is 14.1. The van der Waals surface area contributed by atoms with E-state index in [2.05, 4.69) is 5.10 Å². The van der Waals surface area contributed by atoms with Crippen molar-refractivity contribution < 1.29 is 9.18 Å². The monoisotopic (exact) mass is 420 g/mol. The second-order valence-corrected chi connectivity index (χ2v) is 6.14. The Kier molecular flexibility index (Phi) is 5.37. The smallest absolute Gasteiger partial charge is 0.169 e. The van der Waals surface area contributed by atoms with Gasteiger partial charge in [0.2, 0.25) is 0 Å². The molecule has 0 spiro atoms. The van der Waals surface area contributed by atoms with Crippen LogP contribution in [0.1, 0.15) is 35.6 Å². The van der Waals surface area contributed by atoms with Gasteiger partial charge in [-0.25, -0.2) is 4.39 Å². The van der Waals surface area contributed by atoms with Crippen molar-refractivity contribution in [2.75, 3.05) is 0 Å². The first-order chi connectivity index (χ1) is 9.97. The number of benzene rings is 1. The van der Waals surface area contributed by atoms with Gasteiger partial charge in [-0.05, 0) is 54.1 Å². The normalized spacial score (nSPS) is 10.9. The van der Waals surface area contributed by atoms with Gasteiger partial charge in [-0.1, -0.05) is 18.5 Å². The van der Waals surface area contributed by atoms with Crippen LogP contribution in [0.3, 0.4) is 0 Å². The Bertz CT molecular complexity index is 685. The third kappa shape index (κ3) is 3.45. The Balaban J connectivity index is 2.33. The van der Waals surface area contributed by atoms with Crippen molar-refractivity contribution in [2.45, 2.75) is 33.2 Å². The van der Waals surface area contributed by atoms with Gasteiger partial charge < -0.3 is 0 Å². The molecule has 0 aliphatic rings. The zero-order valence-corrected chi connectivity index (χ0v) is 14.7. The third-order valence-corrected chi connectivity index (χ3v) is 4.58. The zero-order valence-electron chi connectivity index (χ0n) is 11.8. The van der Waals surface area contributed by atoms with Gasteiger partial charge in [-0.2, -0.15) is 5.10 Å². The van der Waals surface area contributed by atoms with Crippen LogP contribution in [0.15, 0.2) is 18.2 Å². The second kappa shape index (κ2) is 6.87. The molecule has 6 heteroatoms. The molecule has 0 saturated carbocycles. The van der Waals surface area contributed by atoms with Crippen LogP contribution in [-0.4, -0.2) is 15.6 Å². The van der Waals surface area contributed by atoms with Crippen molar-refractivity contribution in [2.24, 2.45) is 0 Å². The van der Waals surface area contributed by atoms with Gasteiger partial charge in [-0.3, -0.25) is 9.48 Å². The molecule has 0 amide bonds. The van der Waals surface area contributed by atoms with Gasteiger partial charge in [0.15, 0.2) is 5.78 Å². The number of carbonyl (C=O) groups is 1. The molecule has 0 N–H and O–H groups in total. The average Bonchev–Trinajstić information content (AvgIpc) is 2.75. The van der Waals surface area contributed by atoms with Crippen LogP contribution in [0.2, 0.25) is 5.02 Å². The van der Waals surface area contributed by atoms with E-state index in [0.29, 0.717) is 20.7 Å². The molecule has 1 aromatic heterocycles. The molecule has 2 rings (SSSR count). The largest absolute Gasteiger partial charge is 0.294 e. The molecule has 0 aliphatic carbocycles. The van der Waals surface area contributed by atoms with Crippen LogP contribution in [0.25, 0.3) is 0 Å². The summed E-state index contributed by atoms with van der Waals surface area (Å²) < 4.78 is 15.5. The lowest BCUT2D eigenvalue weighted by Crippen LogP contribution is -2.11. The van der Waals surface area contributed by atoms with E-state index in [9.17, 15) is 9.18 Å². The number of hydrogen-bond donors (Lipinski definition) is 0. The molecule has 0 radical (unpaired) electrons. The number of rotatable bonds is 5. The highest BCUT2D eigenvalue weighted by Gasteiger charge is 2.19. The fourth-order valence-corrected chi connectivity index (χ4v) is 3.26. The van der Waals surface area contributed by atoms with Crippen molar-refractivity contribution in [3.05, 3.63) is 49.6 Å². The van der Waals surface area contributed by atoms with Crippen LogP contribution >= 0.6 is 34.2 Å². The van der Waals surface area contributed by atoms with E-state index in [0.717, 1.165) is 17.8 Å². The molecular formula is C15H15ClFIN2O. The van der Waals surface area contributed by atoms with E-state index in [4.69, 9.17) is 11.6 Å². The molecule has 0 atom stereocenters. The summed E-state index contributed by atoms with van der Waals surface area (Å²) in [4.78, 5) is 12.4. The highest BCUT2D eigenvalue weighted by Crippen LogP contribution is 2.24. The molecule has 0 fully saturated rings. The van der Waals surface area contributed by atoms with Gasteiger partial charge in [-0.15, -0.1) is 0 Å². The van der Waals surface area contributed by atoms with Crippen molar-refractivity contribution in [3.63, 3.8) is 0 Å². The summed E-state index contributed by atoms with van der Waals surface area (Å²) in [5.41, 5.74) is 2.03. The molecule has 1 heterocycles. The Morgan fingerprint density at radius 1 is 1.43 bits per heavy atom. The molecule has 2 aromatic rings. The number of Topliss-reactive ketones (excluding diaryl/α,β-unsaturated/α-hetero) is 1. The number of ketones is 1. The molecule has 3 nitrogen and oxygen atoms in total. The SMILES string of the molecule is CCc1nn(CC)c(CC(=O)c2ccc(F)cc2I)c1Cl. The topological polar surface area (TPSA) is 34.9 Å². The van der Waals surface area contributed by atoms with E-state index in [1.165, 1.54) is 18.2 Å². The standard InChI is InChI=1S/C15H15ClFIN2O/c1-3-12-15(16)13(20(4-2)19-12)8-14(21)10-6-5-9(17)7-11(10)18/h5-7H,3-4,8H2,1-2H3. The third-order valence-electron chi connectivity index (χ3n) is 3.25. The predicted molar refractivity (Wildman–Crippen MR) is 89.4 cm³/mol. The van der Waals surface area contributed by atoms with Crippen LogP contribution in [0, 0.1) is 9.39 Å².